The fourth-order valence-electron chi connectivity index (χ4n) is 5.33. The van der Waals surface area contributed by atoms with Crippen molar-refractivity contribution in [3.8, 4) is 5.75 Å². The Morgan fingerprint density at radius 1 is 1.15 bits per heavy atom. The van der Waals surface area contributed by atoms with Crippen molar-refractivity contribution in [3.63, 3.8) is 0 Å². The molecule has 180 valence electrons. The molecule has 9 heteroatoms. The van der Waals surface area contributed by atoms with Crippen molar-refractivity contribution in [2.24, 2.45) is 12.5 Å². The summed E-state index contributed by atoms with van der Waals surface area (Å²) in [6.07, 6.45) is 6.53. The summed E-state index contributed by atoms with van der Waals surface area (Å²) in [5.74, 6) is 0.696. The molecule has 1 aromatic carbocycles. The summed E-state index contributed by atoms with van der Waals surface area (Å²) in [6, 6.07) is 8.31. The number of likely N-dealkylation sites (tertiary alicyclic amines) is 1. The third-order valence-electron chi connectivity index (χ3n) is 7.05. The standard InChI is InChI=1S/C25H26ClF2N3O3/c1-29-9-7-18-20(5-4-19(26)22(18)23(29)33)34-17-12-25(13-17)14-30(15-25)8-2-3-16-6-10-31(24(27)28)21(32)11-16/h4-7,9-11,17,24H,2-3,8,12-15H2,1H3. The van der Waals surface area contributed by atoms with E-state index in [1.54, 1.807) is 25.4 Å². The Morgan fingerprint density at radius 2 is 1.91 bits per heavy atom. The number of alkyl halides is 2. The van der Waals surface area contributed by atoms with Gasteiger partial charge in [-0.2, -0.15) is 8.78 Å². The number of benzene rings is 1. The number of rotatable bonds is 7. The van der Waals surface area contributed by atoms with Crippen molar-refractivity contribution in [1.82, 2.24) is 14.0 Å². The Kier molecular flexibility index (Phi) is 5.98. The van der Waals surface area contributed by atoms with Gasteiger partial charge < -0.3 is 14.2 Å². The van der Waals surface area contributed by atoms with Crippen LogP contribution in [-0.4, -0.2) is 39.8 Å². The van der Waals surface area contributed by atoms with E-state index in [9.17, 15) is 18.4 Å². The van der Waals surface area contributed by atoms with Crippen LogP contribution in [0.1, 0.15) is 31.4 Å². The van der Waals surface area contributed by atoms with E-state index in [0.29, 0.717) is 32.6 Å². The number of halogens is 3. The molecular weight excluding hydrogens is 464 g/mol. The molecule has 1 saturated carbocycles. The number of ether oxygens (including phenoxy) is 1. The van der Waals surface area contributed by atoms with E-state index in [4.69, 9.17) is 16.3 Å². The summed E-state index contributed by atoms with van der Waals surface area (Å²) >= 11 is 6.27. The molecule has 1 spiro atoms. The minimum absolute atomic E-state index is 0.122. The van der Waals surface area contributed by atoms with Crippen molar-refractivity contribution in [1.29, 1.82) is 0 Å². The minimum Gasteiger partial charge on any atom is -0.490 e. The average Bonchev–Trinajstić information content (AvgIpc) is 2.74. The Labute approximate surface area is 200 Å². The van der Waals surface area contributed by atoms with Crippen LogP contribution in [0.25, 0.3) is 10.8 Å². The summed E-state index contributed by atoms with van der Waals surface area (Å²) < 4.78 is 33.5. The van der Waals surface area contributed by atoms with E-state index in [2.05, 4.69) is 4.90 Å². The van der Waals surface area contributed by atoms with Crippen molar-refractivity contribution < 1.29 is 13.5 Å². The first-order chi connectivity index (χ1) is 16.2. The Hall–Kier alpha value is -2.71. The third kappa shape index (κ3) is 4.25. The van der Waals surface area contributed by atoms with E-state index in [1.165, 1.54) is 10.6 Å². The van der Waals surface area contributed by atoms with Gasteiger partial charge in [0.1, 0.15) is 5.75 Å². The predicted molar refractivity (Wildman–Crippen MR) is 127 cm³/mol. The summed E-state index contributed by atoms with van der Waals surface area (Å²) in [4.78, 5) is 26.6. The summed E-state index contributed by atoms with van der Waals surface area (Å²) in [5, 5.41) is 1.66. The van der Waals surface area contributed by atoms with Crippen molar-refractivity contribution in [2.75, 3.05) is 19.6 Å². The van der Waals surface area contributed by atoms with E-state index >= 15 is 0 Å². The maximum atomic E-state index is 12.7. The second-order valence-electron chi connectivity index (χ2n) is 9.59. The maximum absolute atomic E-state index is 12.7. The lowest BCUT2D eigenvalue weighted by molar-refractivity contribution is -0.118. The van der Waals surface area contributed by atoms with Crippen LogP contribution < -0.4 is 15.9 Å². The molecule has 1 saturated heterocycles. The van der Waals surface area contributed by atoms with E-state index in [-0.39, 0.29) is 11.7 Å². The molecule has 1 aliphatic heterocycles. The number of hydrogen-bond donors (Lipinski definition) is 0. The van der Waals surface area contributed by atoms with Crippen LogP contribution in [0.4, 0.5) is 8.78 Å². The van der Waals surface area contributed by atoms with E-state index < -0.39 is 12.1 Å². The van der Waals surface area contributed by atoms with Crippen LogP contribution in [0.2, 0.25) is 5.02 Å². The number of fused-ring (bicyclic) bond motifs is 1. The smallest absolute Gasteiger partial charge is 0.321 e. The van der Waals surface area contributed by atoms with Gasteiger partial charge in [-0.05, 0) is 62.1 Å². The molecule has 3 aromatic rings. The Morgan fingerprint density at radius 3 is 2.62 bits per heavy atom. The van der Waals surface area contributed by atoms with Crippen LogP contribution in [-0.2, 0) is 13.5 Å². The SMILES string of the molecule is Cn1ccc2c(OC3CC4(C3)CN(CCCc3ccn(C(F)F)c(=O)c3)C4)ccc(Cl)c2c1=O. The number of hydrogen-bond acceptors (Lipinski definition) is 4. The van der Waals surface area contributed by atoms with Gasteiger partial charge in [-0.1, -0.05) is 11.6 Å². The van der Waals surface area contributed by atoms with Crippen LogP contribution >= 0.6 is 11.6 Å². The zero-order chi connectivity index (χ0) is 24.0. The molecule has 2 aliphatic rings. The fourth-order valence-corrected chi connectivity index (χ4v) is 5.58. The molecule has 5 rings (SSSR count). The van der Waals surface area contributed by atoms with Gasteiger partial charge in [-0.25, -0.2) is 0 Å². The molecule has 0 radical (unpaired) electrons. The number of aromatic nitrogens is 2. The molecular formula is C25H26ClF2N3O3. The molecule has 0 unspecified atom stereocenters. The third-order valence-corrected chi connectivity index (χ3v) is 7.36. The van der Waals surface area contributed by atoms with Gasteiger partial charge in [0.2, 0.25) is 0 Å². The summed E-state index contributed by atoms with van der Waals surface area (Å²) in [7, 11) is 1.70. The quantitative estimate of drug-likeness (QED) is 0.498. The van der Waals surface area contributed by atoms with Crippen LogP contribution in [0, 0.1) is 5.41 Å². The topological polar surface area (TPSA) is 56.5 Å². The molecule has 2 aromatic heterocycles. The molecule has 2 fully saturated rings. The zero-order valence-electron chi connectivity index (χ0n) is 18.8. The largest absolute Gasteiger partial charge is 0.490 e. The Balaban J connectivity index is 1.10. The fraction of sp³-hybridized carbons (Fsp3) is 0.440. The van der Waals surface area contributed by atoms with E-state index in [0.717, 1.165) is 56.0 Å². The van der Waals surface area contributed by atoms with Crippen LogP contribution in [0.15, 0.2) is 52.3 Å². The first-order valence-corrected chi connectivity index (χ1v) is 11.8. The number of aryl methyl sites for hydroxylation is 2. The highest BCUT2D eigenvalue weighted by molar-refractivity contribution is 6.35. The van der Waals surface area contributed by atoms with Gasteiger partial charge >= 0.3 is 6.55 Å². The van der Waals surface area contributed by atoms with Gasteiger partial charge in [0, 0.05) is 49.4 Å². The highest BCUT2D eigenvalue weighted by Gasteiger charge is 2.53. The van der Waals surface area contributed by atoms with Crippen LogP contribution in [0.5, 0.6) is 5.75 Å². The van der Waals surface area contributed by atoms with Crippen molar-refractivity contribution in [3.05, 3.63) is 74.0 Å². The molecule has 0 N–H and O–H groups in total. The highest BCUT2D eigenvalue weighted by Crippen LogP contribution is 2.50. The molecule has 0 atom stereocenters. The molecule has 0 bridgehead atoms. The minimum atomic E-state index is -2.81. The van der Waals surface area contributed by atoms with Crippen molar-refractivity contribution >= 4 is 22.4 Å². The van der Waals surface area contributed by atoms with Gasteiger partial charge in [0.05, 0.1) is 16.5 Å². The first kappa shape index (κ1) is 23.1. The lowest BCUT2D eigenvalue weighted by Gasteiger charge is -2.58. The summed E-state index contributed by atoms with van der Waals surface area (Å²) in [6.45, 7) is 0.139. The monoisotopic (exact) mass is 489 g/mol. The maximum Gasteiger partial charge on any atom is 0.321 e. The molecule has 1 aliphatic carbocycles. The van der Waals surface area contributed by atoms with E-state index in [1.807, 2.05) is 12.1 Å². The number of nitrogens with zero attached hydrogens (tertiary/aromatic N) is 3. The van der Waals surface area contributed by atoms with Crippen molar-refractivity contribution in [2.45, 2.75) is 38.3 Å². The normalized spacial score (nSPS) is 17.8. The lowest BCUT2D eigenvalue weighted by Crippen LogP contribution is -2.64. The van der Waals surface area contributed by atoms with Gasteiger partial charge in [0.25, 0.3) is 11.1 Å². The van der Waals surface area contributed by atoms with Gasteiger partial charge in [-0.15, -0.1) is 0 Å². The van der Waals surface area contributed by atoms with Gasteiger partial charge in [-0.3, -0.25) is 14.2 Å². The Bertz CT molecular complexity index is 1340. The number of pyridine rings is 2. The molecule has 0 amide bonds. The predicted octanol–water partition coefficient (Wildman–Crippen LogP) is 4.22. The molecule has 34 heavy (non-hydrogen) atoms. The zero-order valence-corrected chi connectivity index (χ0v) is 19.6. The molecule has 3 heterocycles. The first-order valence-electron chi connectivity index (χ1n) is 11.4. The average molecular weight is 490 g/mol. The highest BCUT2D eigenvalue weighted by atomic mass is 35.5. The summed E-state index contributed by atoms with van der Waals surface area (Å²) in [5.41, 5.74) is 0.285. The van der Waals surface area contributed by atoms with Crippen LogP contribution in [0.3, 0.4) is 0 Å². The van der Waals surface area contributed by atoms with Gasteiger partial charge in [0.15, 0.2) is 0 Å². The lowest BCUT2D eigenvalue weighted by atomic mass is 9.61. The second-order valence-corrected chi connectivity index (χ2v) is 9.99. The second kappa shape index (κ2) is 8.82. The molecule has 6 nitrogen and oxygen atoms in total.